The molecule has 1 aromatic carbocycles. The van der Waals surface area contributed by atoms with Crippen molar-refractivity contribution in [3.8, 4) is 0 Å². The van der Waals surface area contributed by atoms with Crippen LogP contribution >= 0.6 is 0 Å². The predicted molar refractivity (Wildman–Crippen MR) is 101 cm³/mol. The molecule has 2 aliphatic rings. The Morgan fingerprint density at radius 1 is 1.07 bits per heavy atom. The van der Waals surface area contributed by atoms with E-state index in [1.807, 2.05) is 24.3 Å². The molecule has 0 saturated carbocycles. The fourth-order valence-corrected chi connectivity index (χ4v) is 3.79. The Morgan fingerprint density at radius 2 is 1.74 bits per heavy atom. The Hall–Kier alpha value is -3.09. The summed E-state index contributed by atoms with van der Waals surface area (Å²) in [6, 6.07) is 7.90. The molecular weight excluding hydrogens is 346 g/mol. The van der Waals surface area contributed by atoms with Crippen LogP contribution in [0.25, 0.3) is 0 Å². The first-order valence-electron chi connectivity index (χ1n) is 8.88. The summed E-state index contributed by atoms with van der Waals surface area (Å²) < 4.78 is 7.69. The Bertz CT molecular complexity index is 1100. The molecule has 0 saturated heterocycles. The largest absolute Gasteiger partial charge is 0.456 e. The number of esters is 1. The highest BCUT2D eigenvalue weighted by atomic mass is 16.5. The van der Waals surface area contributed by atoms with E-state index in [0.29, 0.717) is 28.6 Å². The van der Waals surface area contributed by atoms with Gasteiger partial charge in [0.1, 0.15) is 12.4 Å². The van der Waals surface area contributed by atoms with Crippen molar-refractivity contribution in [2.45, 2.75) is 25.7 Å². The maximum absolute atomic E-state index is 13.0. The van der Waals surface area contributed by atoms with Crippen LogP contribution in [-0.4, -0.2) is 21.7 Å². The normalized spacial score (nSPS) is 18.3. The first-order chi connectivity index (χ1) is 12.8. The van der Waals surface area contributed by atoms with Crippen LogP contribution in [0.4, 0.5) is 5.82 Å². The van der Waals surface area contributed by atoms with Gasteiger partial charge in [0.2, 0.25) is 0 Å². The minimum atomic E-state index is -0.571. The number of nitrogens with one attached hydrogen (secondary N) is 1. The molecule has 0 radical (unpaired) electrons. The molecule has 3 heterocycles. The van der Waals surface area contributed by atoms with E-state index in [4.69, 9.17) is 4.74 Å². The minimum absolute atomic E-state index is 0.109. The van der Waals surface area contributed by atoms with E-state index in [9.17, 15) is 14.4 Å². The molecule has 7 nitrogen and oxygen atoms in total. The SMILES string of the molecule is CC(C)c1ccc(C2C3=C(COC3=O)Nc3c2c(=O)n(C)c(=O)n3C)cc1. The van der Waals surface area contributed by atoms with Gasteiger partial charge in [0.05, 0.1) is 22.8 Å². The first-order valence-corrected chi connectivity index (χ1v) is 8.88. The van der Waals surface area contributed by atoms with Gasteiger partial charge < -0.3 is 10.1 Å². The van der Waals surface area contributed by atoms with Crippen molar-refractivity contribution in [1.82, 2.24) is 9.13 Å². The van der Waals surface area contributed by atoms with Crippen LogP contribution in [0.2, 0.25) is 0 Å². The maximum atomic E-state index is 13.0. The van der Waals surface area contributed by atoms with E-state index in [-0.39, 0.29) is 6.61 Å². The fourth-order valence-electron chi connectivity index (χ4n) is 3.79. The predicted octanol–water partition coefficient (Wildman–Crippen LogP) is 1.58. The summed E-state index contributed by atoms with van der Waals surface area (Å²) in [4.78, 5) is 37.8. The second kappa shape index (κ2) is 5.97. The highest BCUT2D eigenvalue weighted by Crippen LogP contribution is 2.42. The summed E-state index contributed by atoms with van der Waals surface area (Å²) in [6.45, 7) is 4.32. The summed E-state index contributed by atoms with van der Waals surface area (Å²) in [5, 5.41) is 3.08. The molecule has 7 heteroatoms. The summed E-state index contributed by atoms with van der Waals surface area (Å²) >= 11 is 0. The van der Waals surface area contributed by atoms with Gasteiger partial charge in [0, 0.05) is 14.1 Å². The average molecular weight is 367 g/mol. The number of carbonyl (C=O) groups is 1. The van der Waals surface area contributed by atoms with Crippen LogP contribution in [-0.2, 0) is 23.6 Å². The number of aromatic nitrogens is 2. The number of nitrogens with zero attached hydrogens (tertiary/aromatic N) is 2. The third kappa shape index (κ3) is 2.45. The van der Waals surface area contributed by atoms with Gasteiger partial charge in [0.15, 0.2) is 0 Å². The second-order valence-corrected chi connectivity index (χ2v) is 7.32. The van der Waals surface area contributed by atoms with Gasteiger partial charge in [-0.05, 0) is 17.0 Å². The average Bonchev–Trinajstić information content (AvgIpc) is 3.04. The summed E-state index contributed by atoms with van der Waals surface area (Å²) in [7, 11) is 3.05. The highest BCUT2D eigenvalue weighted by molar-refractivity contribution is 5.96. The minimum Gasteiger partial charge on any atom is -0.456 e. The van der Waals surface area contributed by atoms with Crippen LogP contribution in [0.5, 0.6) is 0 Å². The molecule has 0 spiro atoms. The van der Waals surface area contributed by atoms with Gasteiger partial charge >= 0.3 is 11.7 Å². The third-order valence-electron chi connectivity index (χ3n) is 5.38. The van der Waals surface area contributed by atoms with Crippen molar-refractivity contribution in [1.29, 1.82) is 0 Å². The summed E-state index contributed by atoms with van der Waals surface area (Å²) in [5.41, 5.74) is 2.59. The maximum Gasteiger partial charge on any atom is 0.337 e. The van der Waals surface area contributed by atoms with Gasteiger partial charge in [-0.1, -0.05) is 38.1 Å². The van der Waals surface area contributed by atoms with E-state index in [2.05, 4.69) is 19.2 Å². The number of hydrogen-bond donors (Lipinski definition) is 1. The Morgan fingerprint density at radius 3 is 2.37 bits per heavy atom. The smallest absolute Gasteiger partial charge is 0.337 e. The van der Waals surface area contributed by atoms with Gasteiger partial charge in [-0.15, -0.1) is 0 Å². The Balaban J connectivity index is 2.01. The van der Waals surface area contributed by atoms with Crippen molar-refractivity contribution < 1.29 is 9.53 Å². The van der Waals surface area contributed by atoms with Crippen LogP contribution < -0.4 is 16.6 Å². The van der Waals surface area contributed by atoms with Crippen molar-refractivity contribution in [3.05, 3.63) is 73.1 Å². The number of anilines is 1. The molecule has 2 aliphatic heterocycles. The molecule has 0 aliphatic carbocycles. The van der Waals surface area contributed by atoms with Gasteiger partial charge in [-0.3, -0.25) is 13.9 Å². The second-order valence-electron chi connectivity index (χ2n) is 7.32. The van der Waals surface area contributed by atoms with Gasteiger partial charge in [0.25, 0.3) is 5.56 Å². The molecular formula is C20H21N3O4. The molecule has 2 aromatic rings. The molecule has 1 atom stereocenters. The van der Waals surface area contributed by atoms with E-state index in [1.165, 1.54) is 17.2 Å². The first kappa shape index (κ1) is 17.3. The van der Waals surface area contributed by atoms with Crippen LogP contribution in [0, 0.1) is 0 Å². The zero-order chi connectivity index (χ0) is 19.5. The molecule has 0 fully saturated rings. The lowest BCUT2D eigenvalue weighted by Crippen LogP contribution is -2.43. The fraction of sp³-hybridized carbons (Fsp3) is 0.350. The number of benzene rings is 1. The molecule has 0 bridgehead atoms. The number of hydrogen-bond acceptors (Lipinski definition) is 5. The number of cyclic esters (lactones) is 1. The third-order valence-corrected chi connectivity index (χ3v) is 5.38. The quantitative estimate of drug-likeness (QED) is 0.815. The van der Waals surface area contributed by atoms with Crippen molar-refractivity contribution in [2.75, 3.05) is 11.9 Å². The lowest BCUT2D eigenvalue weighted by Gasteiger charge is -2.28. The van der Waals surface area contributed by atoms with E-state index in [1.54, 1.807) is 7.05 Å². The van der Waals surface area contributed by atoms with Crippen molar-refractivity contribution in [2.24, 2.45) is 14.1 Å². The van der Waals surface area contributed by atoms with Crippen molar-refractivity contribution >= 4 is 11.8 Å². The number of carbonyl (C=O) groups excluding carboxylic acids is 1. The lowest BCUT2D eigenvalue weighted by molar-refractivity contribution is -0.136. The summed E-state index contributed by atoms with van der Waals surface area (Å²) in [6.07, 6.45) is 0. The molecule has 0 amide bonds. The van der Waals surface area contributed by atoms with E-state index < -0.39 is 23.1 Å². The number of ether oxygens (including phenoxy) is 1. The zero-order valence-electron chi connectivity index (χ0n) is 15.7. The van der Waals surface area contributed by atoms with E-state index in [0.717, 1.165) is 10.1 Å². The highest BCUT2D eigenvalue weighted by Gasteiger charge is 2.41. The number of fused-ring (bicyclic) bond motifs is 1. The summed E-state index contributed by atoms with van der Waals surface area (Å²) in [5.74, 6) is -0.215. The van der Waals surface area contributed by atoms with Gasteiger partial charge in [-0.25, -0.2) is 9.59 Å². The number of rotatable bonds is 2. The Kier molecular flexibility index (Phi) is 3.83. The molecule has 1 unspecified atom stereocenters. The van der Waals surface area contributed by atoms with Crippen molar-refractivity contribution in [3.63, 3.8) is 0 Å². The molecule has 27 heavy (non-hydrogen) atoms. The molecule has 1 N–H and O–H groups in total. The monoisotopic (exact) mass is 367 g/mol. The van der Waals surface area contributed by atoms with Crippen LogP contribution in [0.15, 0.2) is 45.1 Å². The lowest BCUT2D eigenvalue weighted by atomic mass is 9.82. The topological polar surface area (TPSA) is 82.3 Å². The van der Waals surface area contributed by atoms with E-state index >= 15 is 0 Å². The van der Waals surface area contributed by atoms with Crippen LogP contribution in [0.1, 0.15) is 42.4 Å². The zero-order valence-corrected chi connectivity index (χ0v) is 15.7. The molecule has 1 aromatic heterocycles. The van der Waals surface area contributed by atoms with Gasteiger partial charge in [-0.2, -0.15) is 0 Å². The standard InChI is InChI=1S/C20H21N3O4/c1-10(2)11-5-7-12(8-6-11)14-15-13(9-27-19(15)25)21-17-16(14)18(24)23(4)20(26)22(17)3/h5-8,10,14,21H,9H2,1-4H3. The Labute approximate surface area is 155 Å². The molecule has 4 rings (SSSR count). The molecule has 140 valence electrons. The van der Waals surface area contributed by atoms with Crippen LogP contribution in [0.3, 0.4) is 0 Å².